The smallest absolute Gasteiger partial charge is 0.410 e. The Balaban J connectivity index is 0.00000450. The van der Waals surface area contributed by atoms with E-state index in [0.717, 1.165) is 70.3 Å². The molecule has 172 valence electrons. The summed E-state index contributed by atoms with van der Waals surface area (Å²) >= 11 is 0. The van der Waals surface area contributed by atoms with Crippen molar-refractivity contribution in [2.75, 3.05) is 32.7 Å². The SMILES string of the molecule is CCNC(=NCC1CCN(C(=O)OC(C)(C)C)CC1)NCCn1cnnc1CC.I. The number of rotatable bonds is 7. The third kappa shape index (κ3) is 9.05. The molecule has 0 bridgehead atoms. The van der Waals surface area contributed by atoms with E-state index >= 15 is 0 Å². The lowest BCUT2D eigenvalue weighted by Crippen LogP contribution is -2.42. The summed E-state index contributed by atoms with van der Waals surface area (Å²) in [6.45, 7) is 14.4. The zero-order valence-corrected chi connectivity index (χ0v) is 21.3. The molecule has 1 aliphatic rings. The highest BCUT2D eigenvalue weighted by molar-refractivity contribution is 14.0. The Morgan fingerprint density at radius 1 is 1.27 bits per heavy atom. The van der Waals surface area contributed by atoms with Gasteiger partial charge in [0, 0.05) is 45.7 Å². The zero-order valence-electron chi connectivity index (χ0n) is 19.0. The number of hydrogen-bond acceptors (Lipinski definition) is 5. The van der Waals surface area contributed by atoms with Gasteiger partial charge in [0.2, 0.25) is 0 Å². The number of nitrogens with one attached hydrogen (secondary N) is 2. The summed E-state index contributed by atoms with van der Waals surface area (Å²) in [6.07, 6.45) is 4.32. The molecule has 1 amide bonds. The molecule has 0 unspecified atom stereocenters. The van der Waals surface area contributed by atoms with Crippen LogP contribution in [0.3, 0.4) is 0 Å². The lowest BCUT2D eigenvalue weighted by molar-refractivity contribution is 0.0187. The maximum atomic E-state index is 12.2. The maximum absolute atomic E-state index is 12.2. The van der Waals surface area contributed by atoms with Crippen LogP contribution in [0.4, 0.5) is 4.79 Å². The third-order valence-corrected chi connectivity index (χ3v) is 4.78. The van der Waals surface area contributed by atoms with Gasteiger partial charge in [-0.1, -0.05) is 6.92 Å². The zero-order chi connectivity index (χ0) is 21.3. The number of aromatic nitrogens is 3. The van der Waals surface area contributed by atoms with Crippen molar-refractivity contribution in [2.45, 2.75) is 66.0 Å². The van der Waals surface area contributed by atoms with Crippen LogP contribution in [0, 0.1) is 5.92 Å². The summed E-state index contributed by atoms with van der Waals surface area (Å²) < 4.78 is 7.52. The molecule has 0 radical (unpaired) electrons. The molecule has 2 rings (SSSR count). The fraction of sp³-hybridized carbons (Fsp3) is 0.800. The predicted molar refractivity (Wildman–Crippen MR) is 129 cm³/mol. The molecule has 1 aromatic heterocycles. The standard InChI is InChI=1S/C20H37N7O2.HI/c1-6-17-25-24-15-27(17)13-10-22-18(21-7-2)23-14-16-8-11-26(12-9-16)19(28)29-20(3,4)5;/h15-16H,6-14H2,1-5H3,(H2,21,22,23);1H. The molecule has 1 aromatic rings. The number of ether oxygens (including phenoxy) is 1. The minimum Gasteiger partial charge on any atom is -0.444 e. The minimum atomic E-state index is -0.449. The first kappa shape index (κ1) is 26.4. The number of guanidine groups is 1. The van der Waals surface area contributed by atoms with E-state index in [-0.39, 0.29) is 30.1 Å². The van der Waals surface area contributed by atoms with Gasteiger partial charge in [-0.05, 0) is 46.5 Å². The van der Waals surface area contributed by atoms with Crippen LogP contribution in [-0.4, -0.2) is 70.0 Å². The van der Waals surface area contributed by atoms with Crippen LogP contribution in [0.15, 0.2) is 11.3 Å². The molecule has 2 N–H and O–H groups in total. The average molecular weight is 535 g/mol. The van der Waals surface area contributed by atoms with Crippen molar-refractivity contribution in [2.24, 2.45) is 10.9 Å². The number of halogens is 1. The molecule has 0 saturated carbocycles. The van der Waals surface area contributed by atoms with E-state index in [9.17, 15) is 4.79 Å². The van der Waals surface area contributed by atoms with Gasteiger partial charge in [-0.25, -0.2) is 4.79 Å². The first-order valence-corrected chi connectivity index (χ1v) is 10.7. The lowest BCUT2D eigenvalue weighted by atomic mass is 9.97. The largest absolute Gasteiger partial charge is 0.444 e. The van der Waals surface area contributed by atoms with E-state index in [1.807, 2.05) is 20.8 Å². The normalized spacial score (nSPS) is 15.5. The molecule has 2 heterocycles. The van der Waals surface area contributed by atoms with Crippen molar-refractivity contribution in [1.29, 1.82) is 0 Å². The van der Waals surface area contributed by atoms with E-state index in [1.54, 1.807) is 11.2 Å². The van der Waals surface area contributed by atoms with Gasteiger partial charge in [-0.3, -0.25) is 4.99 Å². The Hall–Kier alpha value is -1.59. The second-order valence-corrected chi connectivity index (χ2v) is 8.35. The number of aliphatic imine (C=N–C) groups is 1. The van der Waals surface area contributed by atoms with Crippen molar-refractivity contribution in [1.82, 2.24) is 30.3 Å². The van der Waals surface area contributed by atoms with E-state index in [0.29, 0.717) is 5.92 Å². The lowest BCUT2D eigenvalue weighted by Gasteiger charge is -2.33. The molecule has 10 heteroatoms. The first-order valence-electron chi connectivity index (χ1n) is 10.7. The molecule has 1 saturated heterocycles. The summed E-state index contributed by atoms with van der Waals surface area (Å²) in [7, 11) is 0. The van der Waals surface area contributed by atoms with Crippen molar-refractivity contribution < 1.29 is 9.53 Å². The van der Waals surface area contributed by atoms with Gasteiger partial charge in [0.25, 0.3) is 0 Å². The second kappa shape index (κ2) is 13.0. The number of aryl methyl sites for hydroxylation is 1. The van der Waals surface area contributed by atoms with Crippen LogP contribution in [0.1, 0.15) is 53.3 Å². The summed E-state index contributed by atoms with van der Waals surface area (Å²) in [6, 6.07) is 0. The highest BCUT2D eigenvalue weighted by Gasteiger charge is 2.26. The minimum absolute atomic E-state index is 0. The Kier molecular flexibility index (Phi) is 11.4. The Bertz CT molecular complexity index is 664. The molecule has 30 heavy (non-hydrogen) atoms. The highest BCUT2D eigenvalue weighted by Crippen LogP contribution is 2.19. The predicted octanol–water partition coefficient (Wildman–Crippen LogP) is 2.66. The van der Waals surface area contributed by atoms with Gasteiger partial charge in [0.1, 0.15) is 17.8 Å². The number of piperidine rings is 1. The molecule has 0 aromatic carbocycles. The van der Waals surface area contributed by atoms with Crippen LogP contribution in [0.5, 0.6) is 0 Å². The first-order chi connectivity index (χ1) is 13.8. The van der Waals surface area contributed by atoms with E-state index in [4.69, 9.17) is 9.73 Å². The van der Waals surface area contributed by atoms with Crippen LogP contribution >= 0.6 is 24.0 Å². The fourth-order valence-electron chi connectivity index (χ4n) is 3.22. The third-order valence-electron chi connectivity index (χ3n) is 4.78. The summed E-state index contributed by atoms with van der Waals surface area (Å²) in [5.41, 5.74) is -0.449. The molecule has 9 nitrogen and oxygen atoms in total. The summed E-state index contributed by atoms with van der Waals surface area (Å²) in [4.78, 5) is 18.7. The van der Waals surface area contributed by atoms with E-state index in [2.05, 4.69) is 39.2 Å². The van der Waals surface area contributed by atoms with Crippen LogP contribution in [-0.2, 0) is 17.7 Å². The van der Waals surface area contributed by atoms with Crippen molar-refractivity contribution in [3.8, 4) is 0 Å². The number of likely N-dealkylation sites (tertiary alicyclic amines) is 1. The molecular weight excluding hydrogens is 497 g/mol. The highest BCUT2D eigenvalue weighted by atomic mass is 127. The fourth-order valence-corrected chi connectivity index (χ4v) is 3.22. The Morgan fingerprint density at radius 3 is 2.57 bits per heavy atom. The van der Waals surface area contributed by atoms with Crippen molar-refractivity contribution in [3.05, 3.63) is 12.2 Å². The van der Waals surface area contributed by atoms with E-state index in [1.165, 1.54) is 0 Å². The molecule has 1 fully saturated rings. The maximum Gasteiger partial charge on any atom is 0.410 e. The van der Waals surface area contributed by atoms with Gasteiger partial charge < -0.3 is 24.8 Å². The topological polar surface area (TPSA) is 96.7 Å². The molecular formula is C20H38IN7O2. The van der Waals surface area contributed by atoms with Gasteiger partial charge in [-0.15, -0.1) is 34.2 Å². The van der Waals surface area contributed by atoms with Crippen LogP contribution in [0.2, 0.25) is 0 Å². The summed E-state index contributed by atoms with van der Waals surface area (Å²) in [5, 5.41) is 14.7. The van der Waals surface area contributed by atoms with Gasteiger partial charge >= 0.3 is 6.09 Å². The van der Waals surface area contributed by atoms with Gasteiger partial charge in [0.05, 0.1) is 0 Å². The van der Waals surface area contributed by atoms with Crippen molar-refractivity contribution >= 4 is 36.0 Å². The molecule has 1 aliphatic heterocycles. The van der Waals surface area contributed by atoms with Gasteiger partial charge in [0.15, 0.2) is 5.96 Å². The summed E-state index contributed by atoms with van der Waals surface area (Å²) in [5.74, 6) is 2.30. The number of carbonyl (C=O) groups excluding carboxylic acids is 1. The molecule has 0 spiro atoms. The number of amides is 1. The number of carbonyl (C=O) groups is 1. The van der Waals surface area contributed by atoms with E-state index < -0.39 is 5.60 Å². The van der Waals surface area contributed by atoms with Crippen molar-refractivity contribution in [3.63, 3.8) is 0 Å². The molecule has 0 atom stereocenters. The quantitative estimate of drug-likeness (QED) is 0.317. The Labute approximate surface area is 197 Å². The monoisotopic (exact) mass is 535 g/mol. The molecule has 0 aliphatic carbocycles. The Morgan fingerprint density at radius 2 is 1.97 bits per heavy atom. The number of hydrogen-bond donors (Lipinski definition) is 2. The average Bonchev–Trinajstić information content (AvgIpc) is 3.12. The number of nitrogens with zero attached hydrogens (tertiary/aromatic N) is 5. The van der Waals surface area contributed by atoms with Gasteiger partial charge in [-0.2, -0.15) is 0 Å². The van der Waals surface area contributed by atoms with Crippen LogP contribution < -0.4 is 10.6 Å². The van der Waals surface area contributed by atoms with Crippen LogP contribution in [0.25, 0.3) is 0 Å². The second-order valence-electron chi connectivity index (χ2n) is 8.35.